The van der Waals surface area contributed by atoms with Crippen LogP contribution in [0.3, 0.4) is 0 Å². The third-order valence-corrected chi connectivity index (χ3v) is 3.78. The molecule has 78 valence electrons. The molecule has 0 aliphatic carbocycles. The fourth-order valence-electron chi connectivity index (χ4n) is 0.942. The highest BCUT2D eigenvalue weighted by atomic mass is 79.9. The smallest absolute Gasteiger partial charge is 0.192 e. The van der Waals surface area contributed by atoms with Crippen molar-refractivity contribution in [2.24, 2.45) is 7.05 Å². The lowest BCUT2D eigenvalue weighted by atomic mass is 10.5. The first-order valence-electron chi connectivity index (χ1n) is 3.99. The van der Waals surface area contributed by atoms with Crippen LogP contribution in [-0.4, -0.2) is 19.7 Å². The topological polar surface area (TPSA) is 43.6 Å². The molecular formula is C8H6BrClN4S. The standard InChI is InChI=1S/C8H6BrClN4S/c1-14-8(12-4-13-14)15-7-6(9)2-5(10)3-11-7/h2-4H,1H3. The zero-order valence-electron chi connectivity index (χ0n) is 7.69. The SMILES string of the molecule is Cn1ncnc1Sc1ncc(Cl)cc1Br. The minimum absolute atomic E-state index is 0.601. The summed E-state index contributed by atoms with van der Waals surface area (Å²) in [5.41, 5.74) is 0. The Bertz CT molecular complexity index is 487. The Morgan fingerprint density at radius 2 is 2.27 bits per heavy atom. The Morgan fingerprint density at radius 3 is 2.87 bits per heavy atom. The van der Waals surface area contributed by atoms with Crippen molar-refractivity contribution < 1.29 is 0 Å². The van der Waals surface area contributed by atoms with E-state index in [4.69, 9.17) is 11.6 Å². The molecule has 0 fully saturated rings. The second-order valence-electron chi connectivity index (χ2n) is 2.71. The Morgan fingerprint density at radius 1 is 1.47 bits per heavy atom. The fourth-order valence-corrected chi connectivity index (χ4v) is 2.54. The highest BCUT2D eigenvalue weighted by Crippen LogP contribution is 2.31. The molecular weight excluding hydrogens is 300 g/mol. The molecule has 0 N–H and O–H groups in total. The summed E-state index contributed by atoms with van der Waals surface area (Å²) in [5, 5.41) is 6.17. The van der Waals surface area contributed by atoms with Crippen LogP contribution in [0.2, 0.25) is 5.02 Å². The highest BCUT2D eigenvalue weighted by Gasteiger charge is 2.08. The minimum atomic E-state index is 0.601. The van der Waals surface area contributed by atoms with E-state index in [1.807, 2.05) is 7.05 Å². The molecule has 0 bridgehead atoms. The van der Waals surface area contributed by atoms with Gasteiger partial charge in [0.05, 0.1) is 9.50 Å². The summed E-state index contributed by atoms with van der Waals surface area (Å²) in [5.74, 6) is 0. The Labute approximate surface area is 104 Å². The van der Waals surface area contributed by atoms with Gasteiger partial charge in [-0.15, -0.1) is 0 Å². The summed E-state index contributed by atoms with van der Waals surface area (Å²) in [6, 6.07) is 1.80. The molecule has 2 aromatic rings. The molecule has 2 rings (SSSR count). The van der Waals surface area contributed by atoms with E-state index in [1.54, 1.807) is 16.9 Å². The van der Waals surface area contributed by atoms with Crippen LogP contribution >= 0.6 is 39.3 Å². The molecule has 0 aliphatic heterocycles. The van der Waals surface area contributed by atoms with Gasteiger partial charge in [0.15, 0.2) is 5.16 Å². The largest absolute Gasteiger partial charge is 0.247 e. The van der Waals surface area contributed by atoms with E-state index in [1.165, 1.54) is 18.1 Å². The van der Waals surface area contributed by atoms with Crippen LogP contribution in [0.4, 0.5) is 0 Å². The molecule has 7 heteroatoms. The van der Waals surface area contributed by atoms with Crippen molar-refractivity contribution >= 4 is 39.3 Å². The molecule has 2 aromatic heterocycles. The van der Waals surface area contributed by atoms with Gasteiger partial charge in [-0.1, -0.05) is 11.6 Å². The lowest BCUT2D eigenvalue weighted by molar-refractivity contribution is 0.684. The number of aromatic nitrogens is 4. The molecule has 0 radical (unpaired) electrons. The number of aryl methyl sites for hydroxylation is 1. The van der Waals surface area contributed by atoms with E-state index in [2.05, 4.69) is 31.0 Å². The number of halogens is 2. The molecule has 0 spiro atoms. The average Bonchev–Trinajstić information content (AvgIpc) is 2.57. The van der Waals surface area contributed by atoms with Gasteiger partial charge < -0.3 is 0 Å². The number of hydrogen-bond acceptors (Lipinski definition) is 4. The van der Waals surface area contributed by atoms with E-state index in [0.29, 0.717) is 5.02 Å². The predicted molar refractivity (Wildman–Crippen MR) is 62.1 cm³/mol. The van der Waals surface area contributed by atoms with Gasteiger partial charge in [-0.05, 0) is 33.8 Å². The summed E-state index contributed by atoms with van der Waals surface area (Å²) >= 11 is 10.6. The number of hydrogen-bond donors (Lipinski definition) is 0. The van der Waals surface area contributed by atoms with E-state index in [0.717, 1.165) is 14.7 Å². The minimum Gasteiger partial charge on any atom is -0.247 e. The van der Waals surface area contributed by atoms with Gasteiger partial charge >= 0.3 is 0 Å². The number of nitrogens with zero attached hydrogens (tertiary/aromatic N) is 4. The van der Waals surface area contributed by atoms with Gasteiger partial charge in [-0.25, -0.2) is 14.6 Å². The van der Waals surface area contributed by atoms with Gasteiger partial charge in [0.2, 0.25) is 0 Å². The molecule has 0 saturated carbocycles. The molecule has 0 unspecified atom stereocenters. The van der Waals surface area contributed by atoms with Crippen molar-refractivity contribution in [2.45, 2.75) is 10.2 Å². The lowest BCUT2D eigenvalue weighted by Gasteiger charge is -2.02. The second-order valence-corrected chi connectivity index (χ2v) is 4.96. The molecule has 0 aliphatic rings. The third-order valence-electron chi connectivity index (χ3n) is 1.63. The average molecular weight is 306 g/mol. The van der Waals surface area contributed by atoms with Gasteiger partial charge in [-0.2, -0.15) is 5.10 Å². The Hall–Kier alpha value is -0.590. The van der Waals surface area contributed by atoms with Crippen LogP contribution < -0.4 is 0 Å². The normalized spacial score (nSPS) is 10.6. The second kappa shape index (κ2) is 4.51. The summed E-state index contributed by atoms with van der Waals surface area (Å²) in [4.78, 5) is 8.29. The quantitative estimate of drug-likeness (QED) is 0.856. The van der Waals surface area contributed by atoms with Crippen molar-refractivity contribution in [1.82, 2.24) is 19.7 Å². The van der Waals surface area contributed by atoms with Crippen LogP contribution in [0.15, 0.2) is 33.2 Å². The monoisotopic (exact) mass is 304 g/mol. The van der Waals surface area contributed by atoms with Gasteiger partial charge in [0.1, 0.15) is 11.4 Å². The van der Waals surface area contributed by atoms with E-state index in [9.17, 15) is 0 Å². The zero-order chi connectivity index (χ0) is 10.8. The molecule has 15 heavy (non-hydrogen) atoms. The van der Waals surface area contributed by atoms with Crippen molar-refractivity contribution in [2.75, 3.05) is 0 Å². The Kier molecular flexibility index (Phi) is 3.28. The van der Waals surface area contributed by atoms with Crippen LogP contribution in [0.25, 0.3) is 0 Å². The van der Waals surface area contributed by atoms with E-state index in [-0.39, 0.29) is 0 Å². The molecule has 0 atom stereocenters. The van der Waals surface area contributed by atoms with Crippen molar-refractivity contribution in [1.29, 1.82) is 0 Å². The number of pyridine rings is 1. The maximum absolute atomic E-state index is 5.80. The third kappa shape index (κ3) is 2.50. The first-order chi connectivity index (χ1) is 7.16. The lowest BCUT2D eigenvalue weighted by Crippen LogP contribution is -1.93. The summed E-state index contributed by atoms with van der Waals surface area (Å²) in [6.45, 7) is 0. The zero-order valence-corrected chi connectivity index (χ0v) is 10.8. The summed E-state index contributed by atoms with van der Waals surface area (Å²) < 4.78 is 2.54. The van der Waals surface area contributed by atoms with Crippen molar-refractivity contribution in [3.05, 3.63) is 28.1 Å². The first kappa shape index (κ1) is 10.9. The van der Waals surface area contributed by atoms with Crippen LogP contribution in [0.5, 0.6) is 0 Å². The Balaban J connectivity index is 2.29. The maximum atomic E-state index is 5.80. The first-order valence-corrected chi connectivity index (χ1v) is 5.98. The number of rotatable bonds is 2. The van der Waals surface area contributed by atoms with E-state index >= 15 is 0 Å². The molecule has 0 saturated heterocycles. The predicted octanol–water partition coefficient (Wildman–Crippen LogP) is 2.78. The van der Waals surface area contributed by atoms with Gasteiger partial charge in [0, 0.05) is 13.2 Å². The van der Waals surface area contributed by atoms with Crippen molar-refractivity contribution in [3.8, 4) is 0 Å². The van der Waals surface area contributed by atoms with Crippen molar-refractivity contribution in [3.63, 3.8) is 0 Å². The summed E-state index contributed by atoms with van der Waals surface area (Å²) in [7, 11) is 1.83. The summed E-state index contributed by atoms with van der Waals surface area (Å²) in [6.07, 6.45) is 3.11. The molecule has 4 nitrogen and oxygen atoms in total. The van der Waals surface area contributed by atoms with Crippen LogP contribution in [0, 0.1) is 0 Å². The maximum Gasteiger partial charge on any atom is 0.192 e. The highest BCUT2D eigenvalue weighted by molar-refractivity contribution is 9.10. The van der Waals surface area contributed by atoms with E-state index < -0.39 is 0 Å². The van der Waals surface area contributed by atoms with Gasteiger partial charge in [0.25, 0.3) is 0 Å². The fraction of sp³-hybridized carbons (Fsp3) is 0.125. The van der Waals surface area contributed by atoms with Gasteiger partial charge in [-0.3, -0.25) is 0 Å². The molecule has 2 heterocycles. The van der Waals surface area contributed by atoms with Crippen LogP contribution in [-0.2, 0) is 7.05 Å². The molecule has 0 aromatic carbocycles. The molecule has 0 amide bonds. The van der Waals surface area contributed by atoms with Crippen LogP contribution in [0.1, 0.15) is 0 Å².